The normalized spacial score (nSPS) is 20.3. The number of hydrogen-bond donors (Lipinski definition) is 1. The van der Waals surface area contributed by atoms with Gasteiger partial charge in [-0.1, -0.05) is 58.6 Å². The molecule has 1 amide bonds. The molecule has 1 saturated heterocycles. The Hall–Kier alpha value is -1.71. The van der Waals surface area contributed by atoms with Crippen molar-refractivity contribution >= 4 is 33.2 Å². The van der Waals surface area contributed by atoms with E-state index in [9.17, 15) is 23.3 Å². The van der Waals surface area contributed by atoms with Gasteiger partial charge in [-0.3, -0.25) is 14.9 Å². The van der Waals surface area contributed by atoms with Gasteiger partial charge in [0.2, 0.25) is 15.9 Å². The van der Waals surface area contributed by atoms with Gasteiger partial charge in [0.05, 0.1) is 15.7 Å². The Morgan fingerprint density at radius 3 is 2.41 bits per heavy atom. The molecule has 1 saturated carbocycles. The first-order chi connectivity index (χ1) is 14.3. The van der Waals surface area contributed by atoms with Crippen LogP contribution in [0.25, 0.3) is 0 Å². The van der Waals surface area contributed by atoms with Crippen LogP contribution in [0, 0.1) is 36.8 Å². The van der Waals surface area contributed by atoms with Gasteiger partial charge in [-0.2, -0.15) is 4.31 Å². The van der Waals surface area contributed by atoms with Crippen molar-refractivity contribution in [1.29, 1.82) is 0 Å². The summed E-state index contributed by atoms with van der Waals surface area (Å²) in [6.07, 6.45) is 7.96. The van der Waals surface area contributed by atoms with Crippen LogP contribution < -0.4 is 5.32 Å². The highest BCUT2D eigenvalue weighted by atomic mass is 35.5. The predicted molar refractivity (Wildman–Crippen MR) is 124 cm³/mol. The highest BCUT2D eigenvalue weighted by molar-refractivity contribution is 7.89. The molecule has 1 aliphatic heterocycles. The smallest absolute Gasteiger partial charge is 0.289 e. The molecule has 2 fully saturated rings. The average molecular weight is 485 g/mol. The van der Waals surface area contributed by atoms with Gasteiger partial charge >= 0.3 is 0 Å². The molecule has 0 bridgehead atoms. The summed E-state index contributed by atoms with van der Waals surface area (Å²) in [6.45, 7) is 1.01. The molecule has 1 atom stereocenters. The summed E-state index contributed by atoms with van der Waals surface area (Å²) in [5, 5.41) is 13.9. The molecular formula is C22H31ClN3O5S. The van der Waals surface area contributed by atoms with Gasteiger partial charge in [-0.15, -0.1) is 0 Å². The number of benzene rings is 1. The van der Waals surface area contributed by atoms with E-state index in [0.29, 0.717) is 19.5 Å². The zero-order chi connectivity index (χ0) is 21.7. The van der Waals surface area contributed by atoms with Crippen molar-refractivity contribution < 1.29 is 18.1 Å². The maximum absolute atomic E-state index is 12.9. The number of carbonyl (C=O) groups excluding carboxylic acids is 1. The third-order valence-corrected chi connectivity index (χ3v) is 8.01. The molecule has 0 aromatic heterocycles. The van der Waals surface area contributed by atoms with Gasteiger partial charge in [-0.05, 0) is 37.3 Å². The minimum absolute atomic E-state index is 0. The largest absolute Gasteiger partial charge is 0.355 e. The number of amides is 1. The fraction of sp³-hybridized carbons (Fsp3) is 0.545. The molecule has 1 aromatic carbocycles. The van der Waals surface area contributed by atoms with Crippen molar-refractivity contribution in [2.24, 2.45) is 5.92 Å². The van der Waals surface area contributed by atoms with Crippen LogP contribution in [0.4, 0.5) is 5.69 Å². The van der Waals surface area contributed by atoms with Gasteiger partial charge < -0.3 is 5.32 Å². The maximum Gasteiger partial charge on any atom is 0.289 e. The van der Waals surface area contributed by atoms with Crippen molar-refractivity contribution in [2.75, 3.05) is 19.6 Å². The third-order valence-electron chi connectivity index (χ3n) is 5.83. The van der Waals surface area contributed by atoms with E-state index < -0.39 is 20.6 Å². The zero-order valence-corrected chi connectivity index (χ0v) is 19.8. The maximum atomic E-state index is 12.9. The van der Waals surface area contributed by atoms with E-state index in [1.807, 2.05) is 0 Å². The van der Waals surface area contributed by atoms with Crippen LogP contribution in [0.2, 0.25) is 5.02 Å². The number of rotatable bonds is 6. The topological polar surface area (TPSA) is 110 Å². The second kappa shape index (κ2) is 12.5. The van der Waals surface area contributed by atoms with Crippen molar-refractivity contribution in [3.8, 4) is 0 Å². The molecule has 5 radical (unpaired) electrons. The molecule has 8 nitrogen and oxygen atoms in total. The lowest BCUT2D eigenvalue weighted by atomic mass is 9.90. The van der Waals surface area contributed by atoms with Gasteiger partial charge in [-0.25, -0.2) is 8.42 Å². The van der Waals surface area contributed by atoms with E-state index in [-0.39, 0.29) is 43.1 Å². The summed E-state index contributed by atoms with van der Waals surface area (Å²) in [7, 11) is -3.86. The first kappa shape index (κ1) is 28.3. The van der Waals surface area contributed by atoms with E-state index in [0.717, 1.165) is 50.5 Å². The summed E-state index contributed by atoms with van der Waals surface area (Å²) in [6, 6.07) is 3.51. The Morgan fingerprint density at radius 1 is 1.16 bits per heavy atom. The highest BCUT2D eigenvalue weighted by Gasteiger charge is 2.34. The van der Waals surface area contributed by atoms with Crippen molar-refractivity contribution in [3.63, 3.8) is 0 Å². The fourth-order valence-electron chi connectivity index (χ4n) is 4.05. The van der Waals surface area contributed by atoms with E-state index in [4.69, 9.17) is 11.6 Å². The molecule has 1 aliphatic carbocycles. The summed E-state index contributed by atoms with van der Waals surface area (Å²) < 4.78 is 27.1. The molecule has 32 heavy (non-hydrogen) atoms. The SMILES string of the molecule is O=C(NCC1CCN(S(=O)(=O)c2ccc(Cl)c([N+](=O)[O-])c2)C1)[C]1CCCCCCC1.[CH2].[CH2]. The third kappa shape index (κ3) is 6.89. The minimum Gasteiger partial charge on any atom is -0.355 e. The average Bonchev–Trinajstić information content (AvgIpc) is 3.16. The monoisotopic (exact) mass is 484 g/mol. The standard InChI is InChI=1S/C20H27ClN3O5S.2CH2/c21-18-9-8-17(12-19(18)24(26)27)30(28,29)23-11-10-15(14-23)13-22-20(25)16-6-4-2-1-3-5-7-16;;/h8-9,12,15H,1-7,10-11,13-14H2,(H,22,25);2*1H2. The molecule has 1 aromatic rings. The Balaban J connectivity index is 0.00000256. The van der Waals surface area contributed by atoms with Crippen LogP contribution in [0.3, 0.4) is 0 Å². The second-order valence-electron chi connectivity index (χ2n) is 7.97. The summed E-state index contributed by atoms with van der Waals surface area (Å²) in [5.74, 6) is 0.956. The lowest BCUT2D eigenvalue weighted by Crippen LogP contribution is -2.35. The van der Waals surface area contributed by atoms with Crippen LogP contribution in [0.15, 0.2) is 23.1 Å². The molecular weight excluding hydrogens is 454 g/mol. The number of carbonyl (C=O) groups is 1. The van der Waals surface area contributed by atoms with Crippen molar-refractivity contribution in [3.05, 3.63) is 54.1 Å². The van der Waals surface area contributed by atoms with Crippen LogP contribution in [-0.4, -0.2) is 43.2 Å². The number of nitro groups is 1. The van der Waals surface area contributed by atoms with E-state index in [1.165, 1.54) is 22.9 Å². The van der Waals surface area contributed by atoms with Crippen LogP contribution in [0.1, 0.15) is 51.4 Å². The van der Waals surface area contributed by atoms with E-state index in [1.54, 1.807) is 0 Å². The molecule has 1 heterocycles. The molecule has 2 aliphatic rings. The quantitative estimate of drug-likeness (QED) is 0.476. The number of nitro benzene ring substituents is 1. The summed E-state index contributed by atoms with van der Waals surface area (Å²) in [4.78, 5) is 22.7. The van der Waals surface area contributed by atoms with Gasteiger partial charge in [0.15, 0.2) is 0 Å². The lowest BCUT2D eigenvalue weighted by Gasteiger charge is -2.20. The van der Waals surface area contributed by atoms with Crippen LogP contribution >= 0.6 is 11.6 Å². The lowest BCUT2D eigenvalue weighted by molar-refractivity contribution is -0.384. The Morgan fingerprint density at radius 2 is 1.78 bits per heavy atom. The zero-order valence-electron chi connectivity index (χ0n) is 18.2. The number of sulfonamides is 1. The first-order valence-corrected chi connectivity index (χ1v) is 12.2. The second-order valence-corrected chi connectivity index (χ2v) is 10.3. The number of halogens is 1. The molecule has 3 rings (SSSR count). The van der Waals surface area contributed by atoms with Crippen LogP contribution in [0.5, 0.6) is 0 Å². The molecule has 1 N–H and O–H groups in total. The van der Waals surface area contributed by atoms with E-state index >= 15 is 0 Å². The number of hydrogen-bond acceptors (Lipinski definition) is 5. The highest BCUT2D eigenvalue weighted by Crippen LogP contribution is 2.31. The minimum atomic E-state index is -3.86. The first-order valence-electron chi connectivity index (χ1n) is 10.4. The van der Waals surface area contributed by atoms with Gasteiger partial charge in [0.1, 0.15) is 5.02 Å². The van der Waals surface area contributed by atoms with Crippen molar-refractivity contribution in [1.82, 2.24) is 9.62 Å². The summed E-state index contributed by atoms with van der Waals surface area (Å²) in [5.41, 5.74) is -0.433. The summed E-state index contributed by atoms with van der Waals surface area (Å²) >= 11 is 5.79. The number of nitrogens with one attached hydrogen (secondary N) is 1. The Bertz CT molecular complexity index is 886. The Kier molecular flexibility index (Phi) is 11.1. The van der Waals surface area contributed by atoms with E-state index in [2.05, 4.69) is 5.32 Å². The molecule has 177 valence electrons. The fourth-order valence-corrected chi connectivity index (χ4v) is 5.78. The predicted octanol–water partition coefficient (Wildman–Crippen LogP) is 4.35. The molecule has 1 unspecified atom stereocenters. The number of nitrogens with zero attached hydrogens (tertiary/aromatic N) is 2. The van der Waals surface area contributed by atoms with Crippen molar-refractivity contribution in [2.45, 2.75) is 56.3 Å². The Labute approximate surface area is 196 Å². The van der Waals surface area contributed by atoms with Gasteiger partial charge in [0.25, 0.3) is 5.69 Å². The molecule has 0 spiro atoms. The van der Waals surface area contributed by atoms with Crippen LogP contribution in [-0.2, 0) is 14.8 Å². The molecule has 10 heteroatoms. The van der Waals surface area contributed by atoms with Gasteiger partial charge in [0, 0.05) is 25.7 Å².